The molecule has 1 rings (SSSR count). The summed E-state index contributed by atoms with van der Waals surface area (Å²) in [5.41, 5.74) is 1.21. The molecule has 2 N–H and O–H groups in total. The van der Waals surface area contributed by atoms with Gasteiger partial charge in [0.15, 0.2) is 0 Å². The van der Waals surface area contributed by atoms with E-state index in [1.54, 1.807) is 0 Å². The fourth-order valence-electron chi connectivity index (χ4n) is 1.98. The van der Waals surface area contributed by atoms with Crippen molar-refractivity contribution < 1.29 is 9.84 Å². The van der Waals surface area contributed by atoms with Crippen LogP contribution >= 0.6 is 0 Å². The van der Waals surface area contributed by atoms with E-state index in [0.29, 0.717) is 12.5 Å². The largest absolute Gasteiger partial charge is 0.493 e. The summed E-state index contributed by atoms with van der Waals surface area (Å²) in [7, 11) is 0. The number of hydrogen-bond acceptors (Lipinski definition) is 3. The Balaban J connectivity index is 2.42. The highest BCUT2D eigenvalue weighted by molar-refractivity contribution is 5.28. The van der Waals surface area contributed by atoms with Gasteiger partial charge in [-0.25, -0.2) is 0 Å². The molecule has 0 bridgehead atoms. The van der Waals surface area contributed by atoms with E-state index in [-0.39, 0.29) is 12.1 Å². The average Bonchev–Trinajstić information content (AvgIpc) is 2.43. The molecule has 3 heteroatoms. The molecule has 0 spiro atoms. The third-order valence-electron chi connectivity index (χ3n) is 3.24. The van der Waals surface area contributed by atoms with Crippen molar-refractivity contribution >= 4 is 0 Å². The van der Waals surface area contributed by atoms with E-state index in [1.165, 1.54) is 5.56 Å². The van der Waals surface area contributed by atoms with Crippen LogP contribution in [0, 0.1) is 5.92 Å². The van der Waals surface area contributed by atoms with Gasteiger partial charge in [-0.1, -0.05) is 39.3 Å². The summed E-state index contributed by atoms with van der Waals surface area (Å²) in [6.07, 6.45) is 1.61. The minimum absolute atomic E-state index is 0.237. The predicted molar refractivity (Wildman–Crippen MR) is 84.1 cm³/mol. The maximum Gasteiger partial charge on any atom is 0.119 e. The number of ether oxygens (including phenoxy) is 1. The first-order chi connectivity index (χ1) is 9.52. The Kier molecular flexibility index (Phi) is 7.63. The molecule has 0 aliphatic carbocycles. The summed E-state index contributed by atoms with van der Waals surface area (Å²) in [4.78, 5) is 0. The van der Waals surface area contributed by atoms with Gasteiger partial charge in [-0.05, 0) is 37.0 Å². The summed E-state index contributed by atoms with van der Waals surface area (Å²) < 4.78 is 5.67. The summed E-state index contributed by atoms with van der Waals surface area (Å²) in [5, 5.41) is 13.1. The zero-order chi connectivity index (χ0) is 15.0. The molecule has 1 aromatic carbocycles. The van der Waals surface area contributed by atoms with Crippen molar-refractivity contribution in [2.45, 2.75) is 52.7 Å². The van der Waals surface area contributed by atoms with Gasteiger partial charge in [0.05, 0.1) is 12.7 Å². The van der Waals surface area contributed by atoms with Crippen molar-refractivity contribution in [3.8, 4) is 5.75 Å². The Morgan fingerprint density at radius 2 is 1.80 bits per heavy atom. The van der Waals surface area contributed by atoms with E-state index in [4.69, 9.17) is 4.74 Å². The fraction of sp³-hybridized carbons (Fsp3) is 0.647. The molecule has 20 heavy (non-hydrogen) atoms. The van der Waals surface area contributed by atoms with Gasteiger partial charge in [0.2, 0.25) is 0 Å². The van der Waals surface area contributed by atoms with Crippen LogP contribution in [0.15, 0.2) is 24.3 Å². The van der Waals surface area contributed by atoms with Gasteiger partial charge < -0.3 is 15.2 Å². The number of hydrogen-bond donors (Lipinski definition) is 2. The van der Waals surface area contributed by atoms with Gasteiger partial charge in [-0.2, -0.15) is 0 Å². The van der Waals surface area contributed by atoms with Crippen molar-refractivity contribution in [2.24, 2.45) is 5.92 Å². The van der Waals surface area contributed by atoms with Gasteiger partial charge >= 0.3 is 0 Å². The third-order valence-corrected chi connectivity index (χ3v) is 3.24. The van der Waals surface area contributed by atoms with Crippen molar-refractivity contribution in [1.82, 2.24) is 5.32 Å². The molecule has 0 saturated carbocycles. The van der Waals surface area contributed by atoms with E-state index in [9.17, 15) is 5.11 Å². The second kappa shape index (κ2) is 8.98. The van der Waals surface area contributed by atoms with Gasteiger partial charge in [0.1, 0.15) is 5.75 Å². The van der Waals surface area contributed by atoms with Crippen LogP contribution < -0.4 is 10.1 Å². The molecule has 114 valence electrons. The Labute approximate surface area is 123 Å². The molecule has 2 unspecified atom stereocenters. The Bertz CT molecular complexity index is 362. The first-order valence-corrected chi connectivity index (χ1v) is 7.67. The molecular weight excluding hydrogens is 250 g/mol. The summed E-state index contributed by atoms with van der Waals surface area (Å²) in [6.45, 7) is 9.87. The normalized spacial score (nSPS) is 14.3. The minimum atomic E-state index is -0.254. The zero-order valence-corrected chi connectivity index (χ0v) is 13.2. The summed E-state index contributed by atoms with van der Waals surface area (Å²) in [5.74, 6) is 1.45. The number of rotatable bonds is 9. The van der Waals surface area contributed by atoms with Crippen LogP contribution in [0.1, 0.15) is 52.1 Å². The highest BCUT2D eigenvalue weighted by Gasteiger charge is 2.08. The quantitative estimate of drug-likeness (QED) is 0.726. The van der Waals surface area contributed by atoms with Gasteiger partial charge in [0.25, 0.3) is 0 Å². The minimum Gasteiger partial charge on any atom is -0.493 e. The molecule has 3 nitrogen and oxygen atoms in total. The molecule has 0 aromatic heterocycles. The molecule has 0 aliphatic rings. The molecule has 0 heterocycles. The fourth-order valence-corrected chi connectivity index (χ4v) is 1.98. The second-order valence-corrected chi connectivity index (χ2v) is 5.85. The Morgan fingerprint density at radius 1 is 1.15 bits per heavy atom. The van der Waals surface area contributed by atoms with Crippen LogP contribution in [-0.4, -0.2) is 24.4 Å². The van der Waals surface area contributed by atoms with Gasteiger partial charge in [0, 0.05) is 12.6 Å². The van der Waals surface area contributed by atoms with Crippen LogP contribution in [-0.2, 0) is 0 Å². The topological polar surface area (TPSA) is 41.5 Å². The standard InChI is InChI=1S/C17H29NO2/c1-5-6-16(19)11-18-14(4)15-7-9-17(10-8-15)20-12-13(2)3/h7-10,13-14,16,18-19H,5-6,11-12H2,1-4H3. The number of nitrogens with one attached hydrogen (secondary N) is 1. The van der Waals surface area contributed by atoms with E-state index in [0.717, 1.165) is 25.2 Å². The average molecular weight is 279 g/mol. The van der Waals surface area contributed by atoms with Gasteiger partial charge in [-0.3, -0.25) is 0 Å². The smallest absolute Gasteiger partial charge is 0.119 e. The molecular formula is C17H29NO2. The maximum absolute atomic E-state index is 9.73. The monoisotopic (exact) mass is 279 g/mol. The lowest BCUT2D eigenvalue weighted by molar-refractivity contribution is 0.157. The van der Waals surface area contributed by atoms with Crippen LogP contribution in [0.25, 0.3) is 0 Å². The zero-order valence-electron chi connectivity index (χ0n) is 13.2. The molecule has 0 radical (unpaired) electrons. The number of benzene rings is 1. The Morgan fingerprint density at radius 3 is 2.35 bits per heavy atom. The van der Waals surface area contributed by atoms with E-state index < -0.39 is 0 Å². The van der Waals surface area contributed by atoms with Crippen molar-refractivity contribution in [2.75, 3.05) is 13.2 Å². The predicted octanol–water partition coefficient (Wildman–Crippen LogP) is 3.53. The first kappa shape index (κ1) is 17.0. The molecule has 2 atom stereocenters. The molecule has 0 aliphatic heterocycles. The van der Waals surface area contributed by atoms with Crippen LogP contribution in [0.5, 0.6) is 5.75 Å². The highest BCUT2D eigenvalue weighted by Crippen LogP contribution is 2.18. The van der Waals surface area contributed by atoms with Crippen LogP contribution in [0.4, 0.5) is 0 Å². The molecule has 0 amide bonds. The first-order valence-electron chi connectivity index (χ1n) is 7.67. The number of aliphatic hydroxyl groups excluding tert-OH is 1. The highest BCUT2D eigenvalue weighted by atomic mass is 16.5. The lowest BCUT2D eigenvalue weighted by atomic mass is 10.1. The van der Waals surface area contributed by atoms with E-state index in [2.05, 4.69) is 45.1 Å². The second-order valence-electron chi connectivity index (χ2n) is 5.85. The van der Waals surface area contributed by atoms with Crippen molar-refractivity contribution in [1.29, 1.82) is 0 Å². The lowest BCUT2D eigenvalue weighted by Crippen LogP contribution is -2.28. The van der Waals surface area contributed by atoms with E-state index >= 15 is 0 Å². The van der Waals surface area contributed by atoms with Crippen LogP contribution in [0.3, 0.4) is 0 Å². The third kappa shape index (κ3) is 6.40. The van der Waals surface area contributed by atoms with Crippen molar-refractivity contribution in [3.63, 3.8) is 0 Å². The molecule has 1 aromatic rings. The molecule has 0 fully saturated rings. The number of aliphatic hydroxyl groups is 1. The summed E-state index contributed by atoms with van der Waals surface area (Å²) in [6, 6.07) is 8.43. The van der Waals surface area contributed by atoms with E-state index in [1.807, 2.05) is 12.1 Å². The Hall–Kier alpha value is -1.06. The lowest BCUT2D eigenvalue weighted by Gasteiger charge is -2.17. The SMILES string of the molecule is CCCC(O)CNC(C)c1ccc(OCC(C)C)cc1. The van der Waals surface area contributed by atoms with Gasteiger partial charge in [-0.15, -0.1) is 0 Å². The van der Waals surface area contributed by atoms with Crippen molar-refractivity contribution in [3.05, 3.63) is 29.8 Å². The van der Waals surface area contributed by atoms with Crippen LogP contribution in [0.2, 0.25) is 0 Å². The molecule has 0 saturated heterocycles. The summed E-state index contributed by atoms with van der Waals surface area (Å²) >= 11 is 0. The maximum atomic E-state index is 9.73.